The van der Waals surface area contributed by atoms with Crippen LogP contribution >= 0.6 is 12.2 Å². The second-order valence-electron chi connectivity index (χ2n) is 4.19. The molecule has 1 heterocycles. The summed E-state index contributed by atoms with van der Waals surface area (Å²) >= 11 is 4.85. The second-order valence-corrected chi connectivity index (χ2v) is 4.63. The van der Waals surface area contributed by atoms with Crippen molar-refractivity contribution in [1.82, 2.24) is 9.88 Å². The molecule has 104 valence electrons. The maximum Gasteiger partial charge on any atom is 0.272 e. The SMILES string of the molecule is CCN(C(=O)c1ccc(C(N)=S)cn1)C(C)COC. The first kappa shape index (κ1) is 15.5. The van der Waals surface area contributed by atoms with E-state index in [0.717, 1.165) is 0 Å². The van der Waals surface area contributed by atoms with Gasteiger partial charge in [0.1, 0.15) is 10.7 Å². The number of pyridine rings is 1. The van der Waals surface area contributed by atoms with E-state index in [0.29, 0.717) is 24.4 Å². The molecule has 0 saturated heterocycles. The molecule has 0 saturated carbocycles. The van der Waals surface area contributed by atoms with E-state index in [1.165, 1.54) is 6.20 Å². The molecule has 2 N–H and O–H groups in total. The average molecular weight is 281 g/mol. The predicted octanol–water partition coefficient (Wildman–Crippen LogP) is 1.21. The molecule has 0 spiro atoms. The van der Waals surface area contributed by atoms with Gasteiger partial charge in [-0.1, -0.05) is 12.2 Å². The van der Waals surface area contributed by atoms with Crippen LogP contribution in [0.4, 0.5) is 0 Å². The van der Waals surface area contributed by atoms with E-state index in [2.05, 4.69) is 4.98 Å². The number of nitrogens with zero attached hydrogens (tertiary/aromatic N) is 2. The Balaban J connectivity index is 2.88. The summed E-state index contributed by atoms with van der Waals surface area (Å²) < 4.78 is 5.08. The standard InChI is InChI=1S/C13H19N3O2S/c1-4-16(9(2)8-18-3)13(17)11-6-5-10(7-15-11)12(14)19/h5-7,9H,4,8H2,1-3H3,(H2,14,19). The third-order valence-electron chi connectivity index (χ3n) is 2.81. The molecule has 0 aliphatic rings. The summed E-state index contributed by atoms with van der Waals surface area (Å²) in [6.45, 7) is 4.95. The molecular weight excluding hydrogens is 262 g/mol. The highest BCUT2D eigenvalue weighted by atomic mass is 32.1. The molecule has 5 nitrogen and oxygen atoms in total. The van der Waals surface area contributed by atoms with Crippen molar-refractivity contribution < 1.29 is 9.53 Å². The van der Waals surface area contributed by atoms with Crippen LogP contribution in [-0.4, -0.2) is 47.1 Å². The number of rotatable bonds is 6. The van der Waals surface area contributed by atoms with E-state index in [4.69, 9.17) is 22.7 Å². The van der Waals surface area contributed by atoms with E-state index in [1.54, 1.807) is 24.1 Å². The highest BCUT2D eigenvalue weighted by Gasteiger charge is 2.20. The van der Waals surface area contributed by atoms with Crippen LogP contribution in [-0.2, 0) is 4.74 Å². The number of nitrogens with two attached hydrogens (primary N) is 1. The van der Waals surface area contributed by atoms with Crippen LogP contribution in [0.5, 0.6) is 0 Å². The monoisotopic (exact) mass is 281 g/mol. The van der Waals surface area contributed by atoms with Crippen LogP contribution in [0.2, 0.25) is 0 Å². The summed E-state index contributed by atoms with van der Waals surface area (Å²) in [6, 6.07) is 3.34. The fourth-order valence-electron chi connectivity index (χ4n) is 1.80. The van der Waals surface area contributed by atoms with Gasteiger partial charge in [0.15, 0.2) is 0 Å². The Morgan fingerprint density at radius 2 is 2.26 bits per heavy atom. The third-order valence-corrected chi connectivity index (χ3v) is 3.04. The Kier molecular flexibility index (Phi) is 5.85. The van der Waals surface area contributed by atoms with Crippen molar-refractivity contribution in [3.05, 3.63) is 29.6 Å². The van der Waals surface area contributed by atoms with E-state index < -0.39 is 0 Å². The molecule has 19 heavy (non-hydrogen) atoms. The van der Waals surface area contributed by atoms with Gasteiger partial charge >= 0.3 is 0 Å². The summed E-state index contributed by atoms with van der Waals surface area (Å²) in [4.78, 5) is 18.4. The fourth-order valence-corrected chi connectivity index (χ4v) is 1.92. The summed E-state index contributed by atoms with van der Waals surface area (Å²) in [5.41, 5.74) is 6.53. The second kappa shape index (κ2) is 7.16. The highest BCUT2D eigenvalue weighted by Crippen LogP contribution is 2.08. The number of thiocarbonyl (C=S) groups is 1. The zero-order valence-corrected chi connectivity index (χ0v) is 12.2. The van der Waals surface area contributed by atoms with Crippen molar-refractivity contribution in [2.75, 3.05) is 20.3 Å². The molecule has 0 fully saturated rings. The van der Waals surface area contributed by atoms with Crippen LogP contribution in [0, 0.1) is 0 Å². The number of carbonyl (C=O) groups excluding carboxylic acids is 1. The highest BCUT2D eigenvalue weighted by molar-refractivity contribution is 7.80. The lowest BCUT2D eigenvalue weighted by Gasteiger charge is -2.27. The van der Waals surface area contributed by atoms with Crippen molar-refractivity contribution >= 4 is 23.1 Å². The smallest absolute Gasteiger partial charge is 0.272 e. The summed E-state index contributed by atoms with van der Waals surface area (Å²) in [6.07, 6.45) is 1.52. The first-order chi connectivity index (χ1) is 9.01. The lowest BCUT2D eigenvalue weighted by molar-refractivity contribution is 0.0573. The van der Waals surface area contributed by atoms with Gasteiger partial charge in [-0.3, -0.25) is 9.78 Å². The van der Waals surface area contributed by atoms with E-state index >= 15 is 0 Å². The van der Waals surface area contributed by atoms with Gasteiger partial charge in [0.2, 0.25) is 0 Å². The van der Waals surface area contributed by atoms with Gasteiger partial charge in [-0.2, -0.15) is 0 Å². The molecule has 0 aliphatic heterocycles. The van der Waals surface area contributed by atoms with Gasteiger partial charge in [0.05, 0.1) is 12.6 Å². The molecule has 0 aromatic carbocycles. The number of methoxy groups -OCH3 is 1. The number of ether oxygens (including phenoxy) is 1. The minimum absolute atomic E-state index is 0.000406. The van der Waals surface area contributed by atoms with Gasteiger partial charge in [-0.25, -0.2) is 0 Å². The van der Waals surface area contributed by atoms with Gasteiger partial charge in [0.25, 0.3) is 5.91 Å². The normalized spacial score (nSPS) is 11.9. The molecule has 6 heteroatoms. The van der Waals surface area contributed by atoms with Crippen molar-refractivity contribution in [2.45, 2.75) is 19.9 Å². The lowest BCUT2D eigenvalue weighted by Crippen LogP contribution is -2.41. The molecule has 1 aromatic heterocycles. The summed E-state index contributed by atoms with van der Waals surface area (Å²) in [7, 11) is 1.62. The molecule has 0 bridgehead atoms. The maximum atomic E-state index is 12.3. The van der Waals surface area contributed by atoms with Gasteiger partial charge in [-0.15, -0.1) is 0 Å². The zero-order chi connectivity index (χ0) is 14.4. The van der Waals surface area contributed by atoms with Crippen LogP contribution in [0.15, 0.2) is 18.3 Å². The van der Waals surface area contributed by atoms with E-state index in [1.807, 2.05) is 13.8 Å². The van der Waals surface area contributed by atoms with E-state index in [9.17, 15) is 4.79 Å². The maximum absolute atomic E-state index is 12.3. The van der Waals surface area contributed by atoms with Crippen molar-refractivity contribution in [3.8, 4) is 0 Å². The third kappa shape index (κ3) is 3.97. The minimum atomic E-state index is -0.124. The van der Waals surface area contributed by atoms with Gasteiger partial charge < -0.3 is 15.4 Å². The molecule has 0 aliphatic carbocycles. The Hall–Kier alpha value is -1.53. The Morgan fingerprint density at radius 3 is 2.68 bits per heavy atom. The van der Waals surface area contributed by atoms with Crippen LogP contribution < -0.4 is 5.73 Å². The average Bonchev–Trinajstić information content (AvgIpc) is 2.39. The first-order valence-corrected chi connectivity index (χ1v) is 6.47. The first-order valence-electron chi connectivity index (χ1n) is 6.07. The minimum Gasteiger partial charge on any atom is -0.389 e. The van der Waals surface area contributed by atoms with Crippen LogP contribution in [0.25, 0.3) is 0 Å². The van der Waals surface area contributed by atoms with Crippen molar-refractivity contribution in [2.24, 2.45) is 5.73 Å². The quantitative estimate of drug-likeness (QED) is 0.794. The Labute approximate surface area is 118 Å². The number of likely N-dealkylation sites (N-methyl/N-ethyl adjacent to an activating group) is 1. The van der Waals surface area contributed by atoms with Crippen LogP contribution in [0.3, 0.4) is 0 Å². The van der Waals surface area contributed by atoms with Crippen molar-refractivity contribution in [3.63, 3.8) is 0 Å². The summed E-state index contributed by atoms with van der Waals surface area (Å²) in [5, 5.41) is 0. The number of carbonyl (C=O) groups is 1. The molecule has 1 rings (SSSR count). The molecule has 1 unspecified atom stereocenters. The fraction of sp³-hybridized carbons (Fsp3) is 0.462. The number of hydrogen-bond donors (Lipinski definition) is 1. The number of amides is 1. The predicted molar refractivity (Wildman–Crippen MR) is 78.2 cm³/mol. The number of hydrogen-bond acceptors (Lipinski definition) is 4. The van der Waals surface area contributed by atoms with Gasteiger partial charge in [-0.05, 0) is 26.0 Å². The van der Waals surface area contributed by atoms with Gasteiger partial charge in [0, 0.05) is 25.4 Å². The largest absolute Gasteiger partial charge is 0.389 e. The summed E-state index contributed by atoms with van der Waals surface area (Å²) in [5.74, 6) is -0.124. The topological polar surface area (TPSA) is 68.5 Å². The molecule has 1 atom stereocenters. The zero-order valence-electron chi connectivity index (χ0n) is 11.4. The van der Waals surface area contributed by atoms with Crippen molar-refractivity contribution in [1.29, 1.82) is 0 Å². The number of aromatic nitrogens is 1. The van der Waals surface area contributed by atoms with E-state index in [-0.39, 0.29) is 16.9 Å². The van der Waals surface area contributed by atoms with Crippen LogP contribution in [0.1, 0.15) is 29.9 Å². The Morgan fingerprint density at radius 1 is 1.58 bits per heavy atom. The molecule has 1 amide bonds. The lowest BCUT2D eigenvalue weighted by atomic mass is 10.2. The molecule has 0 radical (unpaired) electrons. The molecule has 1 aromatic rings. The Bertz CT molecular complexity index is 448. The molecular formula is C13H19N3O2S.